The molecule has 12 nitrogen and oxygen atoms in total. The molecule has 1 aliphatic heterocycles. The number of imidazole rings is 1. The second kappa shape index (κ2) is 10.00. The van der Waals surface area contributed by atoms with Crippen LogP contribution < -0.4 is 11.1 Å². The third-order valence-electron chi connectivity index (χ3n) is 5.11. The Morgan fingerprint density at radius 3 is 2.76 bits per heavy atom. The van der Waals surface area contributed by atoms with Crippen molar-refractivity contribution in [3.63, 3.8) is 0 Å². The molecule has 5 N–H and O–H groups in total. The van der Waals surface area contributed by atoms with Crippen LogP contribution >= 0.6 is 0 Å². The van der Waals surface area contributed by atoms with Crippen molar-refractivity contribution < 1.29 is 24.5 Å². The maximum absolute atomic E-state index is 11.6. The molecule has 1 fully saturated rings. The Morgan fingerprint density at radius 2 is 2.06 bits per heavy atom. The van der Waals surface area contributed by atoms with Crippen molar-refractivity contribution in [2.24, 2.45) is 0 Å². The van der Waals surface area contributed by atoms with Gasteiger partial charge < -0.3 is 35.6 Å². The van der Waals surface area contributed by atoms with Crippen LogP contribution in [-0.2, 0) is 9.47 Å². The van der Waals surface area contributed by atoms with E-state index in [0.29, 0.717) is 36.6 Å². The molecule has 0 aliphatic carbocycles. The molecule has 3 rings (SSSR count). The summed E-state index contributed by atoms with van der Waals surface area (Å²) in [5.74, 6) is 0.780. The Hall–Kier alpha value is -2.80. The fourth-order valence-corrected chi connectivity index (χ4v) is 3.61. The molecule has 1 aliphatic rings. The fourth-order valence-electron chi connectivity index (χ4n) is 3.61. The number of aliphatic hydroxyl groups is 2. The van der Waals surface area contributed by atoms with Gasteiger partial charge in [0.2, 0.25) is 0 Å². The number of nitrogens with one attached hydrogen (secondary N) is 1. The number of nitrogens with two attached hydrogens (primary N) is 1. The SMILES string of the molecule is Cc1nc2c(N)ncnc2n1[C@@H]1O[C@H](CN(C)C/C=C\CNC(=O)OC(C)(C)C)[C@@H](O)[C@H]1O. The lowest BCUT2D eigenvalue weighted by molar-refractivity contribution is -0.0424. The molecule has 3 heterocycles. The highest BCUT2D eigenvalue weighted by Gasteiger charge is 2.45. The van der Waals surface area contributed by atoms with Crippen molar-refractivity contribution in [1.82, 2.24) is 29.7 Å². The van der Waals surface area contributed by atoms with Crippen molar-refractivity contribution in [2.75, 3.05) is 32.4 Å². The number of carbonyl (C=O) groups excluding carboxylic acids is 1. The second-order valence-corrected chi connectivity index (χ2v) is 9.08. The van der Waals surface area contributed by atoms with E-state index in [-0.39, 0.29) is 5.82 Å². The minimum absolute atomic E-state index is 0.235. The predicted octanol–water partition coefficient (Wildman–Crippen LogP) is 0.349. The number of aryl methyl sites for hydroxylation is 1. The maximum Gasteiger partial charge on any atom is 0.407 e. The van der Waals surface area contributed by atoms with E-state index in [0.717, 1.165) is 0 Å². The molecule has 0 spiro atoms. The van der Waals surface area contributed by atoms with Crippen LogP contribution in [0.4, 0.5) is 10.6 Å². The summed E-state index contributed by atoms with van der Waals surface area (Å²) in [4.78, 5) is 26.1. The van der Waals surface area contributed by atoms with Gasteiger partial charge in [-0.2, -0.15) is 0 Å². The Bertz CT molecular complexity index is 1000. The molecule has 0 radical (unpaired) electrons. The van der Waals surface area contributed by atoms with E-state index in [1.807, 2.05) is 24.1 Å². The zero-order valence-corrected chi connectivity index (χ0v) is 19.6. The van der Waals surface area contributed by atoms with E-state index < -0.39 is 36.2 Å². The molecule has 2 aromatic rings. The Labute approximate surface area is 192 Å². The van der Waals surface area contributed by atoms with E-state index >= 15 is 0 Å². The summed E-state index contributed by atoms with van der Waals surface area (Å²) in [6, 6.07) is 0. The number of ether oxygens (including phenoxy) is 2. The molecule has 0 saturated carbocycles. The van der Waals surface area contributed by atoms with Gasteiger partial charge in [-0.3, -0.25) is 4.57 Å². The van der Waals surface area contributed by atoms with Gasteiger partial charge in [-0.25, -0.2) is 19.7 Å². The Morgan fingerprint density at radius 1 is 1.33 bits per heavy atom. The first-order valence-electron chi connectivity index (χ1n) is 10.7. The number of nitrogens with zero attached hydrogens (tertiary/aromatic N) is 5. The summed E-state index contributed by atoms with van der Waals surface area (Å²) in [5.41, 5.74) is 6.20. The maximum atomic E-state index is 11.6. The summed E-state index contributed by atoms with van der Waals surface area (Å²) in [6.07, 6.45) is 0.815. The normalized spacial score (nSPS) is 23.6. The molecule has 2 aromatic heterocycles. The number of hydrogen-bond donors (Lipinski definition) is 4. The molecular formula is C21H33N7O5. The Balaban J connectivity index is 1.55. The summed E-state index contributed by atoms with van der Waals surface area (Å²) < 4.78 is 12.8. The zero-order chi connectivity index (χ0) is 24.3. The highest BCUT2D eigenvalue weighted by atomic mass is 16.6. The van der Waals surface area contributed by atoms with Crippen molar-refractivity contribution in [1.29, 1.82) is 0 Å². The van der Waals surface area contributed by atoms with Crippen LogP contribution in [0.1, 0.15) is 32.8 Å². The quantitative estimate of drug-likeness (QED) is 0.422. The van der Waals surface area contributed by atoms with Crippen molar-refractivity contribution in [3.05, 3.63) is 24.3 Å². The summed E-state index contributed by atoms with van der Waals surface area (Å²) in [5, 5.41) is 23.9. The Kier molecular flexibility index (Phi) is 7.52. The van der Waals surface area contributed by atoms with Gasteiger partial charge >= 0.3 is 6.09 Å². The van der Waals surface area contributed by atoms with Gasteiger partial charge in [-0.1, -0.05) is 12.2 Å². The average Bonchev–Trinajstić information content (AvgIpc) is 3.18. The number of aliphatic hydroxyl groups excluding tert-OH is 2. The highest BCUT2D eigenvalue weighted by molar-refractivity contribution is 5.81. The van der Waals surface area contributed by atoms with E-state index in [9.17, 15) is 15.0 Å². The third-order valence-corrected chi connectivity index (χ3v) is 5.11. The van der Waals surface area contributed by atoms with Crippen LogP contribution in [0.3, 0.4) is 0 Å². The lowest BCUT2D eigenvalue weighted by Crippen LogP contribution is -2.38. The van der Waals surface area contributed by atoms with Crippen molar-refractivity contribution in [2.45, 2.75) is 57.8 Å². The summed E-state index contributed by atoms with van der Waals surface area (Å²) in [6.45, 7) is 8.43. The van der Waals surface area contributed by atoms with Crippen LogP contribution in [0.5, 0.6) is 0 Å². The number of aromatic nitrogens is 4. The van der Waals surface area contributed by atoms with Crippen LogP contribution in [0.15, 0.2) is 18.5 Å². The van der Waals surface area contributed by atoms with E-state index in [1.165, 1.54) is 6.33 Å². The zero-order valence-electron chi connectivity index (χ0n) is 19.6. The number of rotatable bonds is 7. The van der Waals surface area contributed by atoms with E-state index in [2.05, 4.69) is 20.3 Å². The first-order chi connectivity index (χ1) is 15.5. The predicted molar refractivity (Wildman–Crippen MR) is 121 cm³/mol. The minimum atomic E-state index is -1.16. The third kappa shape index (κ3) is 5.96. The van der Waals surface area contributed by atoms with Crippen LogP contribution in [0.2, 0.25) is 0 Å². The van der Waals surface area contributed by atoms with Crippen molar-refractivity contribution in [3.8, 4) is 0 Å². The number of nitrogen functional groups attached to an aromatic ring is 1. The fraction of sp³-hybridized carbons (Fsp3) is 0.619. The molecule has 182 valence electrons. The number of amides is 1. The second-order valence-electron chi connectivity index (χ2n) is 9.08. The molecule has 1 saturated heterocycles. The van der Waals surface area contributed by atoms with Gasteiger partial charge in [0.05, 0.1) is 0 Å². The van der Waals surface area contributed by atoms with Gasteiger partial charge in [0, 0.05) is 19.6 Å². The number of fused-ring (bicyclic) bond motifs is 1. The summed E-state index contributed by atoms with van der Waals surface area (Å²) >= 11 is 0. The number of likely N-dealkylation sites (N-methyl/N-ethyl adjacent to an activating group) is 1. The lowest BCUT2D eigenvalue weighted by Gasteiger charge is -2.22. The van der Waals surface area contributed by atoms with Gasteiger partial charge in [-0.05, 0) is 34.7 Å². The van der Waals surface area contributed by atoms with Crippen LogP contribution in [0, 0.1) is 6.92 Å². The van der Waals surface area contributed by atoms with E-state index in [4.69, 9.17) is 15.2 Å². The molecule has 0 aromatic carbocycles. The van der Waals surface area contributed by atoms with Gasteiger partial charge in [0.15, 0.2) is 23.2 Å². The molecule has 33 heavy (non-hydrogen) atoms. The molecule has 4 atom stereocenters. The molecule has 12 heteroatoms. The van der Waals surface area contributed by atoms with Crippen molar-refractivity contribution >= 4 is 23.1 Å². The molecule has 1 amide bonds. The molecule has 0 unspecified atom stereocenters. The number of alkyl carbamates (subject to hydrolysis) is 1. The largest absolute Gasteiger partial charge is 0.444 e. The number of hydrogen-bond acceptors (Lipinski definition) is 10. The lowest BCUT2D eigenvalue weighted by atomic mass is 10.1. The first kappa shape index (κ1) is 24.8. The highest BCUT2D eigenvalue weighted by Crippen LogP contribution is 2.33. The van der Waals surface area contributed by atoms with Gasteiger partial charge in [0.25, 0.3) is 0 Å². The number of anilines is 1. The summed E-state index contributed by atoms with van der Waals surface area (Å²) in [7, 11) is 1.87. The average molecular weight is 464 g/mol. The minimum Gasteiger partial charge on any atom is -0.444 e. The standard InChI is InChI=1S/C21H33N7O5/c1-12-26-14-17(22)24-11-25-18(14)28(12)19-16(30)15(29)13(32-19)10-27(5)9-7-6-8-23-20(31)33-21(2,3)4/h6-7,11,13,15-16,19,29-30H,8-10H2,1-5H3,(H,23,31)(H2,22,24,25)/b7-6-/t13-,15-,16-,19-/m1/s1. The monoisotopic (exact) mass is 463 g/mol. The van der Waals surface area contributed by atoms with E-state index in [1.54, 1.807) is 32.3 Å². The molecular weight excluding hydrogens is 430 g/mol. The van der Waals surface area contributed by atoms with Gasteiger partial charge in [-0.15, -0.1) is 0 Å². The first-order valence-corrected chi connectivity index (χ1v) is 10.7. The van der Waals surface area contributed by atoms with Gasteiger partial charge in [0.1, 0.15) is 36.1 Å². The number of carbonyl (C=O) groups is 1. The molecule has 0 bridgehead atoms. The smallest absolute Gasteiger partial charge is 0.407 e. The van der Waals surface area contributed by atoms with Crippen LogP contribution in [0.25, 0.3) is 11.2 Å². The van der Waals surface area contributed by atoms with Crippen LogP contribution in [-0.4, -0.2) is 91.3 Å². The topological polar surface area (TPSA) is 161 Å².